The summed E-state index contributed by atoms with van der Waals surface area (Å²) in [7, 11) is 1.85. The molecule has 1 N–H and O–H groups in total. The Labute approximate surface area is 115 Å². The minimum atomic E-state index is -0.757. The Balaban J connectivity index is 2.20. The van der Waals surface area contributed by atoms with Crippen molar-refractivity contribution in [3.63, 3.8) is 0 Å². The van der Waals surface area contributed by atoms with Gasteiger partial charge in [0.1, 0.15) is 5.82 Å². The van der Waals surface area contributed by atoms with Crippen LogP contribution in [0.1, 0.15) is 13.8 Å². The Bertz CT molecular complexity index is 560. The van der Waals surface area contributed by atoms with Gasteiger partial charge < -0.3 is 9.67 Å². The maximum absolute atomic E-state index is 12.9. The molecule has 0 aliphatic carbocycles. The summed E-state index contributed by atoms with van der Waals surface area (Å²) in [5.74, 6) is 0.934. The summed E-state index contributed by atoms with van der Waals surface area (Å²) >= 11 is 1.44. The molecule has 102 valence electrons. The first-order valence-electron chi connectivity index (χ1n) is 5.87. The van der Waals surface area contributed by atoms with Crippen LogP contribution in [0.25, 0.3) is 11.4 Å². The van der Waals surface area contributed by atoms with Crippen LogP contribution in [-0.2, 0) is 7.05 Å². The fourth-order valence-electron chi connectivity index (χ4n) is 1.53. The number of thioether (sulfide) groups is 1. The molecular weight excluding hydrogens is 265 g/mol. The van der Waals surface area contributed by atoms with Gasteiger partial charge in [-0.25, -0.2) is 4.39 Å². The zero-order valence-corrected chi connectivity index (χ0v) is 11.9. The van der Waals surface area contributed by atoms with Gasteiger partial charge in [0.2, 0.25) is 0 Å². The molecule has 19 heavy (non-hydrogen) atoms. The SMILES string of the molecule is Cn1c(SCC(C)(C)O)nnc1-c1ccc(F)cc1. The van der Waals surface area contributed by atoms with Crippen LogP contribution in [0.3, 0.4) is 0 Å². The van der Waals surface area contributed by atoms with Gasteiger partial charge in [-0.15, -0.1) is 10.2 Å². The highest BCUT2D eigenvalue weighted by atomic mass is 32.2. The molecule has 0 fully saturated rings. The van der Waals surface area contributed by atoms with Gasteiger partial charge >= 0.3 is 0 Å². The lowest BCUT2D eigenvalue weighted by Gasteiger charge is -2.15. The molecule has 4 nitrogen and oxygen atoms in total. The maximum Gasteiger partial charge on any atom is 0.191 e. The number of benzene rings is 1. The number of aliphatic hydroxyl groups is 1. The van der Waals surface area contributed by atoms with E-state index in [4.69, 9.17) is 0 Å². The van der Waals surface area contributed by atoms with Gasteiger partial charge in [0, 0.05) is 18.4 Å². The topological polar surface area (TPSA) is 50.9 Å². The van der Waals surface area contributed by atoms with Gasteiger partial charge in [0.25, 0.3) is 0 Å². The van der Waals surface area contributed by atoms with Crippen LogP contribution in [0.15, 0.2) is 29.4 Å². The van der Waals surface area contributed by atoms with E-state index in [0.717, 1.165) is 10.7 Å². The van der Waals surface area contributed by atoms with Gasteiger partial charge in [-0.1, -0.05) is 11.8 Å². The molecule has 2 aromatic rings. The van der Waals surface area contributed by atoms with Crippen LogP contribution in [0.5, 0.6) is 0 Å². The molecule has 0 bridgehead atoms. The largest absolute Gasteiger partial charge is 0.390 e. The second-order valence-electron chi connectivity index (χ2n) is 4.97. The van der Waals surface area contributed by atoms with E-state index in [1.54, 1.807) is 26.0 Å². The molecule has 0 atom stereocenters. The fraction of sp³-hybridized carbons (Fsp3) is 0.385. The van der Waals surface area contributed by atoms with Crippen molar-refractivity contribution in [2.75, 3.05) is 5.75 Å². The highest BCUT2D eigenvalue weighted by Crippen LogP contribution is 2.24. The van der Waals surface area contributed by atoms with E-state index in [9.17, 15) is 9.50 Å². The van der Waals surface area contributed by atoms with E-state index >= 15 is 0 Å². The lowest BCUT2D eigenvalue weighted by molar-refractivity contribution is 0.107. The van der Waals surface area contributed by atoms with Crippen LogP contribution in [0, 0.1) is 5.82 Å². The Morgan fingerprint density at radius 1 is 1.26 bits per heavy atom. The second-order valence-corrected chi connectivity index (χ2v) is 5.92. The van der Waals surface area contributed by atoms with E-state index in [1.165, 1.54) is 23.9 Å². The summed E-state index contributed by atoms with van der Waals surface area (Å²) in [5.41, 5.74) is 0.0543. The van der Waals surface area contributed by atoms with Crippen molar-refractivity contribution in [3.8, 4) is 11.4 Å². The van der Waals surface area contributed by atoms with Crippen molar-refractivity contribution < 1.29 is 9.50 Å². The highest BCUT2D eigenvalue weighted by Gasteiger charge is 2.17. The third-order valence-corrected chi connectivity index (χ3v) is 3.96. The molecule has 1 heterocycles. The third kappa shape index (κ3) is 3.54. The van der Waals surface area contributed by atoms with Crippen molar-refractivity contribution in [1.82, 2.24) is 14.8 Å². The van der Waals surface area contributed by atoms with Crippen molar-refractivity contribution >= 4 is 11.8 Å². The molecule has 0 saturated heterocycles. The normalized spacial score (nSPS) is 11.8. The standard InChI is InChI=1S/C13H16FN3OS/c1-13(2,18)8-19-12-16-15-11(17(12)3)9-4-6-10(14)7-5-9/h4-7,18H,8H2,1-3H3. The molecule has 0 spiro atoms. The number of rotatable bonds is 4. The monoisotopic (exact) mass is 281 g/mol. The molecule has 1 aromatic heterocycles. The van der Waals surface area contributed by atoms with E-state index in [2.05, 4.69) is 10.2 Å². The summed E-state index contributed by atoms with van der Waals surface area (Å²) < 4.78 is 14.7. The fourth-order valence-corrected chi connectivity index (χ4v) is 2.39. The summed E-state index contributed by atoms with van der Waals surface area (Å²) in [5, 5.41) is 18.6. The van der Waals surface area contributed by atoms with Gasteiger partial charge in [-0.3, -0.25) is 0 Å². The average Bonchev–Trinajstić information content (AvgIpc) is 2.68. The third-order valence-electron chi connectivity index (χ3n) is 2.49. The van der Waals surface area contributed by atoms with Crippen molar-refractivity contribution in [1.29, 1.82) is 0 Å². The van der Waals surface area contributed by atoms with E-state index in [-0.39, 0.29) is 5.82 Å². The number of hydrogen-bond donors (Lipinski definition) is 1. The molecule has 1 aromatic carbocycles. The zero-order chi connectivity index (χ0) is 14.0. The minimum absolute atomic E-state index is 0.275. The van der Waals surface area contributed by atoms with Crippen molar-refractivity contribution in [3.05, 3.63) is 30.1 Å². The zero-order valence-electron chi connectivity index (χ0n) is 11.1. The van der Waals surface area contributed by atoms with Crippen LogP contribution in [0.2, 0.25) is 0 Å². The first-order chi connectivity index (χ1) is 8.87. The van der Waals surface area contributed by atoms with Crippen molar-refractivity contribution in [2.45, 2.75) is 24.6 Å². The molecule has 6 heteroatoms. The molecule has 0 aliphatic heterocycles. The Kier molecular flexibility index (Phi) is 3.91. The van der Waals surface area contributed by atoms with E-state index in [0.29, 0.717) is 11.6 Å². The number of nitrogens with zero attached hydrogens (tertiary/aromatic N) is 3. The quantitative estimate of drug-likeness (QED) is 0.875. The summed E-state index contributed by atoms with van der Waals surface area (Å²) in [6.07, 6.45) is 0. The Morgan fingerprint density at radius 3 is 2.47 bits per heavy atom. The molecule has 0 amide bonds. The molecule has 0 radical (unpaired) electrons. The molecule has 0 unspecified atom stereocenters. The molecule has 2 rings (SSSR count). The second kappa shape index (κ2) is 5.30. The summed E-state index contributed by atoms with van der Waals surface area (Å²) in [6.45, 7) is 3.49. The summed E-state index contributed by atoms with van der Waals surface area (Å²) in [4.78, 5) is 0. The van der Waals surface area contributed by atoms with E-state index < -0.39 is 5.60 Å². The number of halogens is 1. The Hall–Kier alpha value is -1.40. The smallest absolute Gasteiger partial charge is 0.191 e. The average molecular weight is 281 g/mol. The van der Waals surface area contributed by atoms with Crippen LogP contribution in [0.4, 0.5) is 4.39 Å². The predicted molar refractivity (Wildman–Crippen MR) is 73.4 cm³/mol. The van der Waals surface area contributed by atoms with Crippen LogP contribution in [-0.4, -0.2) is 31.2 Å². The van der Waals surface area contributed by atoms with E-state index in [1.807, 2.05) is 11.6 Å². The number of aromatic nitrogens is 3. The van der Waals surface area contributed by atoms with Gasteiger partial charge in [-0.05, 0) is 38.1 Å². The van der Waals surface area contributed by atoms with Gasteiger partial charge in [0.15, 0.2) is 11.0 Å². The molecule has 0 aliphatic rings. The highest BCUT2D eigenvalue weighted by molar-refractivity contribution is 7.99. The van der Waals surface area contributed by atoms with Crippen molar-refractivity contribution in [2.24, 2.45) is 7.05 Å². The summed E-state index contributed by atoms with van der Waals surface area (Å²) in [6, 6.07) is 6.13. The lowest BCUT2D eigenvalue weighted by Crippen LogP contribution is -2.22. The van der Waals surface area contributed by atoms with Crippen LogP contribution < -0.4 is 0 Å². The molecular formula is C13H16FN3OS. The first kappa shape index (κ1) is 14.0. The van der Waals surface area contributed by atoms with Gasteiger partial charge in [0.05, 0.1) is 5.60 Å². The Morgan fingerprint density at radius 2 is 1.89 bits per heavy atom. The first-order valence-corrected chi connectivity index (χ1v) is 6.86. The lowest BCUT2D eigenvalue weighted by atomic mass is 10.2. The minimum Gasteiger partial charge on any atom is -0.390 e. The van der Waals surface area contributed by atoms with Crippen LogP contribution >= 0.6 is 11.8 Å². The number of hydrogen-bond acceptors (Lipinski definition) is 4. The maximum atomic E-state index is 12.9. The predicted octanol–water partition coefficient (Wildman–Crippen LogP) is 2.48. The molecule has 0 saturated carbocycles. The van der Waals surface area contributed by atoms with Gasteiger partial charge in [-0.2, -0.15) is 0 Å².